The molecule has 6 nitrogen and oxygen atoms in total. The number of sulfonamides is 1. The molecular weight excluding hydrogens is 374 g/mol. The first kappa shape index (κ1) is 21.3. The quantitative estimate of drug-likeness (QED) is 0.695. The van der Waals surface area contributed by atoms with Crippen molar-refractivity contribution in [3.8, 4) is 0 Å². The summed E-state index contributed by atoms with van der Waals surface area (Å²) < 4.78 is 27.6. The van der Waals surface area contributed by atoms with E-state index in [0.717, 1.165) is 38.6 Å². The van der Waals surface area contributed by atoms with Crippen LogP contribution in [0.3, 0.4) is 0 Å². The molecule has 1 fully saturated rings. The number of carbonyl (C=O) groups is 1. The van der Waals surface area contributed by atoms with Crippen molar-refractivity contribution in [1.82, 2.24) is 14.1 Å². The molecule has 1 aliphatic heterocycles. The summed E-state index contributed by atoms with van der Waals surface area (Å²) in [5.74, 6) is 0.0874. The highest BCUT2D eigenvalue weighted by molar-refractivity contribution is 7.89. The maximum atomic E-state index is 13.1. The maximum absolute atomic E-state index is 13.1. The normalized spacial score (nSPS) is 18.3. The van der Waals surface area contributed by atoms with Gasteiger partial charge in [0, 0.05) is 26.2 Å². The van der Waals surface area contributed by atoms with Crippen LogP contribution in [0.2, 0.25) is 0 Å². The zero-order valence-electron chi connectivity index (χ0n) is 17.2. The molecule has 1 aromatic rings. The fraction of sp³-hybridized carbons (Fsp3) is 0.667. The Morgan fingerprint density at radius 3 is 2.43 bits per heavy atom. The van der Waals surface area contributed by atoms with Crippen LogP contribution >= 0.6 is 0 Å². The number of carbonyl (C=O) groups excluding carboxylic acids is 1. The first-order valence-electron chi connectivity index (χ1n) is 10.5. The smallest absolute Gasteiger partial charge is 0.243 e. The molecule has 1 amide bonds. The second kappa shape index (κ2) is 9.37. The van der Waals surface area contributed by atoms with Gasteiger partial charge in [-0.3, -0.25) is 9.69 Å². The van der Waals surface area contributed by atoms with Crippen molar-refractivity contribution < 1.29 is 13.2 Å². The number of likely N-dealkylation sites (N-methyl/N-ethyl adjacent to an activating group) is 1. The highest BCUT2D eigenvalue weighted by Crippen LogP contribution is 2.26. The summed E-state index contributed by atoms with van der Waals surface area (Å²) >= 11 is 0. The van der Waals surface area contributed by atoms with Crippen LogP contribution in [0.1, 0.15) is 43.7 Å². The Bertz CT molecular complexity index is 786. The van der Waals surface area contributed by atoms with E-state index in [1.54, 1.807) is 11.0 Å². The lowest BCUT2D eigenvalue weighted by Crippen LogP contribution is -2.52. The first-order valence-corrected chi connectivity index (χ1v) is 11.9. The van der Waals surface area contributed by atoms with Crippen LogP contribution in [-0.2, 0) is 27.7 Å². The Hall–Kier alpha value is -1.44. The number of aryl methyl sites for hydroxylation is 2. The van der Waals surface area contributed by atoms with Crippen LogP contribution in [0.15, 0.2) is 23.1 Å². The fourth-order valence-electron chi connectivity index (χ4n) is 4.04. The van der Waals surface area contributed by atoms with Crippen molar-refractivity contribution in [3.63, 3.8) is 0 Å². The van der Waals surface area contributed by atoms with Gasteiger partial charge < -0.3 is 4.90 Å². The number of hydrogen-bond donors (Lipinski definition) is 0. The van der Waals surface area contributed by atoms with Gasteiger partial charge in [0.2, 0.25) is 15.9 Å². The lowest BCUT2D eigenvalue weighted by Gasteiger charge is -2.35. The fourth-order valence-corrected chi connectivity index (χ4v) is 5.51. The van der Waals surface area contributed by atoms with Gasteiger partial charge in [0.15, 0.2) is 0 Å². The summed E-state index contributed by atoms with van der Waals surface area (Å²) in [6.45, 7) is 5.10. The van der Waals surface area contributed by atoms with Crippen molar-refractivity contribution in [2.24, 2.45) is 0 Å². The summed E-state index contributed by atoms with van der Waals surface area (Å²) in [6.07, 6.45) is 6.51. The molecule has 1 aliphatic carbocycles. The molecule has 2 aliphatic rings. The molecule has 0 bridgehead atoms. The van der Waals surface area contributed by atoms with Crippen molar-refractivity contribution in [1.29, 1.82) is 0 Å². The third-order valence-electron chi connectivity index (χ3n) is 5.85. The molecule has 3 rings (SSSR count). The lowest BCUT2D eigenvalue weighted by molar-refractivity contribution is -0.133. The number of benzene rings is 1. The molecule has 0 radical (unpaired) electrons. The average Bonchev–Trinajstić information content (AvgIpc) is 2.72. The number of fused-ring (bicyclic) bond motifs is 1. The van der Waals surface area contributed by atoms with Crippen LogP contribution in [0.25, 0.3) is 0 Å². The zero-order valence-corrected chi connectivity index (χ0v) is 18.0. The number of amides is 1. The van der Waals surface area contributed by atoms with E-state index in [4.69, 9.17) is 0 Å². The van der Waals surface area contributed by atoms with E-state index >= 15 is 0 Å². The Labute approximate surface area is 169 Å². The summed E-state index contributed by atoms with van der Waals surface area (Å²) in [7, 11) is -1.53. The molecule has 0 saturated carbocycles. The predicted octanol–water partition coefficient (Wildman–Crippen LogP) is 2.13. The van der Waals surface area contributed by atoms with E-state index in [1.165, 1.54) is 21.9 Å². The van der Waals surface area contributed by atoms with E-state index in [2.05, 4.69) is 6.92 Å². The zero-order chi connectivity index (χ0) is 20.1. The first-order chi connectivity index (χ1) is 13.4. The molecule has 0 N–H and O–H groups in total. The third kappa shape index (κ3) is 4.93. The molecule has 0 aromatic heterocycles. The monoisotopic (exact) mass is 407 g/mol. The minimum atomic E-state index is -3.49. The van der Waals surface area contributed by atoms with Gasteiger partial charge in [-0.25, -0.2) is 8.42 Å². The van der Waals surface area contributed by atoms with Gasteiger partial charge in [-0.05, 0) is 69.0 Å². The molecule has 0 atom stereocenters. The van der Waals surface area contributed by atoms with E-state index in [9.17, 15) is 13.2 Å². The van der Waals surface area contributed by atoms with Gasteiger partial charge in [-0.15, -0.1) is 0 Å². The molecule has 28 heavy (non-hydrogen) atoms. The van der Waals surface area contributed by atoms with Gasteiger partial charge in [-0.1, -0.05) is 19.4 Å². The second-order valence-corrected chi connectivity index (χ2v) is 9.95. The van der Waals surface area contributed by atoms with Crippen molar-refractivity contribution in [2.45, 2.75) is 50.3 Å². The van der Waals surface area contributed by atoms with Crippen LogP contribution in [0.5, 0.6) is 0 Å². The van der Waals surface area contributed by atoms with E-state index in [-0.39, 0.29) is 5.91 Å². The SMILES string of the molecule is CCCCN(C)CC(=O)N1CCN(S(=O)(=O)c2ccc3c(c2)CCCC3)CC1. The van der Waals surface area contributed by atoms with Crippen LogP contribution in [0.4, 0.5) is 0 Å². The molecule has 0 spiro atoms. The number of nitrogens with zero attached hydrogens (tertiary/aromatic N) is 3. The van der Waals surface area contributed by atoms with Crippen molar-refractivity contribution >= 4 is 15.9 Å². The Morgan fingerprint density at radius 2 is 1.75 bits per heavy atom. The third-order valence-corrected chi connectivity index (χ3v) is 7.74. The highest BCUT2D eigenvalue weighted by atomic mass is 32.2. The van der Waals surface area contributed by atoms with Gasteiger partial charge in [0.1, 0.15) is 0 Å². The van der Waals surface area contributed by atoms with Crippen LogP contribution < -0.4 is 0 Å². The Kier molecular flexibility index (Phi) is 7.12. The molecule has 156 valence electrons. The topological polar surface area (TPSA) is 60.9 Å². The van der Waals surface area contributed by atoms with Crippen molar-refractivity contribution in [3.05, 3.63) is 29.3 Å². The van der Waals surface area contributed by atoms with Gasteiger partial charge >= 0.3 is 0 Å². The molecule has 0 unspecified atom stereocenters. The molecule has 1 heterocycles. The lowest BCUT2D eigenvalue weighted by atomic mass is 9.92. The summed E-state index contributed by atoms with van der Waals surface area (Å²) in [4.78, 5) is 16.7. The van der Waals surface area contributed by atoms with E-state index in [1.807, 2.05) is 24.1 Å². The average molecular weight is 408 g/mol. The minimum Gasteiger partial charge on any atom is -0.339 e. The highest BCUT2D eigenvalue weighted by Gasteiger charge is 2.30. The van der Waals surface area contributed by atoms with Gasteiger partial charge in [-0.2, -0.15) is 4.31 Å². The molecule has 1 aromatic carbocycles. The minimum absolute atomic E-state index is 0.0874. The van der Waals surface area contributed by atoms with Gasteiger partial charge in [0.25, 0.3) is 0 Å². The van der Waals surface area contributed by atoms with Gasteiger partial charge in [0.05, 0.1) is 11.4 Å². The largest absolute Gasteiger partial charge is 0.339 e. The van der Waals surface area contributed by atoms with Crippen molar-refractivity contribution in [2.75, 3.05) is 46.3 Å². The number of piperazine rings is 1. The second-order valence-electron chi connectivity index (χ2n) is 8.01. The summed E-state index contributed by atoms with van der Waals surface area (Å²) in [5.41, 5.74) is 2.46. The predicted molar refractivity (Wildman–Crippen MR) is 111 cm³/mol. The van der Waals surface area contributed by atoms with E-state index in [0.29, 0.717) is 37.6 Å². The Morgan fingerprint density at radius 1 is 1.07 bits per heavy atom. The van der Waals surface area contributed by atoms with E-state index < -0.39 is 10.0 Å². The summed E-state index contributed by atoms with van der Waals surface area (Å²) in [5, 5.41) is 0. The van der Waals surface area contributed by atoms with Crippen LogP contribution in [0, 0.1) is 0 Å². The summed E-state index contributed by atoms with van der Waals surface area (Å²) in [6, 6.07) is 5.59. The standard InChI is InChI=1S/C21H33N3O3S/c1-3-4-11-22(2)17-21(25)23-12-14-24(15-13-23)28(26,27)20-10-9-18-7-5-6-8-19(18)16-20/h9-10,16H,3-8,11-15,17H2,1-2H3. The number of hydrogen-bond acceptors (Lipinski definition) is 4. The number of rotatable bonds is 7. The Balaban J connectivity index is 1.58. The number of unbranched alkanes of at least 4 members (excludes halogenated alkanes) is 1. The van der Waals surface area contributed by atoms with Crippen LogP contribution in [-0.4, -0.2) is 74.7 Å². The molecule has 1 saturated heterocycles. The molecule has 7 heteroatoms. The maximum Gasteiger partial charge on any atom is 0.243 e. The molecular formula is C21H33N3O3S.